The number of fused-ring (bicyclic) bond motifs is 2. The van der Waals surface area contributed by atoms with E-state index in [0.29, 0.717) is 23.2 Å². The van der Waals surface area contributed by atoms with E-state index in [-0.39, 0.29) is 19.1 Å². The molecule has 9 nitrogen and oxygen atoms in total. The lowest BCUT2D eigenvalue weighted by atomic mass is 10.2. The van der Waals surface area contributed by atoms with Crippen LogP contribution in [0.5, 0.6) is 5.75 Å². The van der Waals surface area contributed by atoms with E-state index in [1.165, 1.54) is 0 Å². The molecule has 140 valence electrons. The number of aryl methyl sites for hydroxylation is 1. The molecule has 0 atom stereocenters. The highest BCUT2D eigenvalue weighted by Crippen LogP contribution is 2.32. The zero-order chi connectivity index (χ0) is 19.1. The van der Waals surface area contributed by atoms with Crippen LogP contribution in [0.3, 0.4) is 0 Å². The van der Waals surface area contributed by atoms with Crippen molar-refractivity contribution in [3.8, 4) is 17.1 Å². The number of ether oxygens (including phenoxy) is 1. The fraction of sp³-hybridized carbons (Fsp3) is 0.211. The van der Waals surface area contributed by atoms with Crippen LogP contribution >= 0.6 is 0 Å². The summed E-state index contributed by atoms with van der Waals surface area (Å²) < 4.78 is 12.7. The first kappa shape index (κ1) is 16.4. The quantitative estimate of drug-likeness (QED) is 0.539. The molecule has 28 heavy (non-hydrogen) atoms. The van der Waals surface area contributed by atoms with E-state index < -0.39 is 0 Å². The van der Waals surface area contributed by atoms with Gasteiger partial charge in [0.15, 0.2) is 6.61 Å². The largest absolute Gasteiger partial charge is 0.482 e. The summed E-state index contributed by atoms with van der Waals surface area (Å²) in [5.74, 6) is 1.29. The average molecular weight is 376 g/mol. The number of hydrogen-bond donors (Lipinski definition) is 0. The molecule has 1 aliphatic rings. The molecule has 5 rings (SSSR count). The van der Waals surface area contributed by atoms with E-state index in [4.69, 9.17) is 9.26 Å². The monoisotopic (exact) mass is 376 g/mol. The average Bonchev–Trinajstić information content (AvgIpc) is 3.36. The van der Waals surface area contributed by atoms with Gasteiger partial charge in [0.2, 0.25) is 11.7 Å². The number of carbonyl (C=O) groups excluding carboxylic acids is 1. The van der Waals surface area contributed by atoms with Crippen molar-refractivity contribution < 1.29 is 14.1 Å². The summed E-state index contributed by atoms with van der Waals surface area (Å²) in [6, 6.07) is 13.1. The zero-order valence-corrected chi connectivity index (χ0v) is 15.1. The Bertz CT molecular complexity index is 1180. The minimum atomic E-state index is -0.156. The molecule has 0 radical (unpaired) electrons. The fourth-order valence-corrected chi connectivity index (χ4v) is 3.24. The van der Waals surface area contributed by atoms with E-state index in [1.807, 2.05) is 54.1 Å². The maximum absolute atomic E-state index is 12.3. The number of anilines is 1. The number of aromatic nitrogens is 5. The van der Waals surface area contributed by atoms with Gasteiger partial charge in [-0.25, -0.2) is 4.68 Å². The highest BCUT2D eigenvalue weighted by Gasteiger charge is 2.27. The third kappa shape index (κ3) is 2.68. The van der Waals surface area contributed by atoms with Crippen molar-refractivity contribution in [1.29, 1.82) is 0 Å². The number of nitrogens with zero attached hydrogens (tertiary/aromatic N) is 6. The standard InChI is InChI=1S/C19H16N6O3/c1-2-25-14-8-7-12(9-13(14)21-23-25)19-20-17(28-22-19)10-24-15-5-3-4-6-16(15)27-11-18(24)26/h3-9H,2,10-11H2,1H3. The molecular weight excluding hydrogens is 360 g/mol. The summed E-state index contributed by atoms with van der Waals surface area (Å²) >= 11 is 0. The van der Waals surface area contributed by atoms with Crippen LogP contribution in [0.1, 0.15) is 12.8 Å². The Kier molecular flexibility index (Phi) is 3.78. The van der Waals surface area contributed by atoms with Crippen LogP contribution in [-0.4, -0.2) is 37.6 Å². The molecule has 1 amide bonds. The molecule has 0 fully saturated rings. The zero-order valence-electron chi connectivity index (χ0n) is 15.1. The van der Waals surface area contributed by atoms with Gasteiger partial charge in [-0.15, -0.1) is 5.10 Å². The molecule has 0 saturated carbocycles. The Balaban J connectivity index is 1.43. The lowest BCUT2D eigenvalue weighted by Crippen LogP contribution is -2.38. The van der Waals surface area contributed by atoms with Gasteiger partial charge in [-0.1, -0.05) is 22.5 Å². The van der Waals surface area contributed by atoms with Crippen LogP contribution in [0, 0.1) is 0 Å². The summed E-state index contributed by atoms with van der Waals surface area (Å²) in [6.45, 7) is 2.93. The predicted molar refractivity (Wildman–Crippen MR) is 99.6 cm³/mol. The number of benzene rings is 2. The minimum Gasteiger partial charge on any atom is -0.482 e. The normalized spacial score (nSPS) is 13.6. The van der Waals surface area contributed by atoms with Crippen molar-refractivity contribution in [3.05, 3.63) is 48.4 Å². The van der Waals surface area contributed by atoms with Crippen LogP contribution in [-0.2, 0) is 17.9 Å². The lowest BCUT2D eigenvalue weighted by molar-refractivity contribution is -0.121. The second kappa shape index (κ2) is 6.45. The minimum absolute atomic E-state index is 0.0121. The van der Waals surface area contributed by atoms with E-state index in [0.717, 1.165) is 23.1 Å². The van der Waals surface area contributed by atoms with Gasteiger partial charge in [0.05, 0.1) is 11.2 Å². The highest BCUT2D eigenvalue weighted by molar-refractivity contribution is 5.97. The molecule has 4 aromatic rings. The van der Waals surface area contributed by atoms with Crippen molar-refractivity contribution >= 4 is 22.6 Å². The topological polar surface area (TPSA) is 99.2 Å². The number of carbonyl (C=O) groups is 1. The second-order valence-electron chi connectivity index (χ2n) is 6.36. The highest BCUT2D eigenvalue weighted by atomic mass is 16.5. The molecular formula is C19H16N6O3. The molecule has 2 aromatic carbocycles. The summed E-state index contributed by atoms with van der Waals surface area (Å²) in [6.07, 6.45) is 0. The molecule has 0 unspecified atom stereocenters. The van der Waals surface area contributed by atoms with Crippen molar-refractivity contribution in [1.82, 2.24) is 25.1 Å². The molecule has 0 bridgehead atoms. The number of amides is 1. The van der Waals surface area contributed by atoms with Crippen molar-refractivity contribution in [2.24, 2.45) is 0 Å². The molecule has 1 aliphatic heterocycles. The Morgan fingerprint density at radius 3 is 2.96 bits per heavy atom. The SMILES string of the molecule is CCn1nnc2cc(-c3noc(CN4C(=O)COc5ccccc54)n3)ccc21. The predicted octanol–water partition coefficient (Wildman–Crippen LogP) is 2.43. The van der Waals surface area contributed by atoms with Gasteiger partial charge in [0.1, 0.15) is 17.8 Å². The molecule has 0 spiro atoms. The molecule has 2 aromatic heterocycles. The first-order valence-corrected chi connectivity index (χ1v) is 8.91. The van der Waals surface area contributed by atoms with Gasteiger partial charge in [-0.3, -0.25) is 9.69 Å². The van der Waals surface area contributed by atoms with E-state index in [1.54, 1.807) is 4.90 Å². The number of para-hydroxylation sites is 2. The van der Waals surface area contributed by atoms with Crippen molar-refractivity contribution in [2.45, 2.75) is 20.0 Å². The van der Waals surface area contributed by atoms with Crippen LogP contribution in [0.4, 0.5) is 5.69 Å². The third-order valence-electron chi connectivity index (χ3n) is 4.64. The van der Waals surface area contributed by atoms with Crippen molar-refractivity contribution in [2.75, 3.05) is 11.5 Å². The van der Waals surface area contributed by atoms with Crippen LogP contribution < -0.4 is 9.64 Å². The van der Waals surface area contributed by atoms with Gasteiger partial charge in [0, 0.05) is 12.1 Å². The van der Waals surface area contributed by atoms with Crippen molar-refractivity contribution in [3.63, 3.8) is 0 Å². The van der Waals surface area contributed by atoms with E-state index in [9.17, 15) is 4.79 Å². The first-order chi connectivity index (χ1) is 13.7. The molecule has 3 heterocycles. The fourth-order valence-electron chi connectivity index (χ4n) is 3.24. The van der Waals surface area contributed by atoms with Gasteiger partial charge < -0.3 is 9.26 Å². The van der Waals surface area contributed by atoms with E-state index in [2.05, 4.69) is 20.5 Å². The van der Waals surface area contributed by atoms with Gasteiger partial charge >= 0.3 is 0 Å². The Morgan fingerprint density at radius 2 is 2.07 bits per heavy atom. The lowest BCUT2D eigenvalue weighted by Gasteiger charge is -2.27. The van der Waals surface area contributed by atoms with Crippen LogP contribution in [0.25, 0.3) is 22.4 Å². The maximum Gasteiger partial charge on any atom is 0.265 e. The number of rotatable bonds is 4. The molecule has 0 saturated heterocycles. The third-order valence-corrected chi connectivity index (χ3v) is 4.64. The molecule has 9 heteroatoms. The smallest absolute Gasteiger partial charge is 0.265 e. The van der Waals surface area contributed by atoms with Crippen LogP contribution in [0.15, 0.2) is 47.0 Å². The van der Waals surface area contributed by atoms with Gasteiger partial charge in [0.25, 0.3) is 5.91 Å². The second-order valence-corrected chi connectivity index (χ2v) is 6.36. The number of hydrogen-bond acceptors (Lipinski definition) is 7. The molecule has 0 N–H and O–H groups in total. The first-order valence-electron chi connectivity index (χ1n) is 8.91. The summed E-state index contributed by atoms with van der Waals surface area (Å²) in [7, 11) is 0. The summed E-state index contributed by atoms with van der Waals surface area (Å²) in [4.78, 5) is 18.3. The Hall–Kier alpha value is -3.75. The van der Waals surface area contributed by atoms with E-state index >= 15 is 0 Å². The molecule has 0 aliphatic carbocycles. The van der Waals surface area contributed by atoms with Gasteiger partial charge in [-0.2, -0.15) is 4.98 Å². The maximum atomic E-state index is 12.3. The Morgan fingerprint density at radius 1 is 1.18 bits per heavy atom. The van der Waals surface area contributed by atoms with Gasteiger partial charge in [-0.05, 0) is 37.3 Å². The van der Waals surface area contributed by atoms with Crippen LogP contribution in [0.2, 0.25) is 0 Å². The summed E-state index contributed by atoms with van der Waals surface area (Å²) in [5.41, 5.74) is 3.18. The summed E-state index contributed by atoms with van der Waals surface area (Å²) in [5, 5.41) is 12.3. The Labute approximate surface area is 159 Å².